The van der Waals surface area contributed by atoms with E-state index in [0.29, 0.717) is 13.0 Å². The molecular formula is C39H52N4O6. The normalized spacial score (nSPS) is 27.7. The van der Waals surface area contributed by atoms with Crippen LogP contribution >= 0.6 is 0 Å². The molecule has 3 fully saturated rings. The average Bonchev–Trinajstić information content (AvgIpc) is 3.34. The molecule has 2 aromatic carbocycles. The molecule has 0 unspecified atom stereocenters. The molecule has 3 aliphatic rings. The summed E-state index contributed by atoms with van der Waals surface area (Å²) < 4.78 is 5.49. The first-order valence-electron chi connectivity index (χ1n) is 17.3. The van der Waals surface area contributed by atoms with Gasteiger partial charge in [0.2, 0.25) is 11.8 Å². The number of amides is 2. The quantitative estimate of drug-likeness (QED) is 0.238. The minimum absolute atomic E-state index is 0.138. The van der Waals surface area contributed by atoms with E-state index in [-0.39, 0.29) is 42.7 Å². The molecule has 0 bridgehead atoms. The summed E-state index contributed by atoms with van der Waals surface area (Å²) in [5.74, 6) is -2.34. The van der Waals surface area contributed by atoms with Crippen molar-refractivity contribution in [1.29, 1.82) is 0 Å². The average molecular weight is 673 g/mol. The number of benzene rings is 2. The van der Waals surface area contributed by atoms with E-state index in [1.807, 2.05) is 32.9 Å². The second kappa shape index (κ2) is 14.1. The summed E-state index contributed by atoms with van der Waals surface area (Å²) in [7, 11) is 0. The fraction of sp³-hybridized carbons (Fsp3) is 0.538. The Morgan fingerprint density at radius 2 is 1.49 bits per heavy atom. The van der Waals surface area contributed by atoms with Crippen molar-refractivity contribution in [3.63, 3.8) is 0 Å². The number of hydrogen-bond acceptors (Lipinski definition) is 7. The first-order valence-corrected chi connectivity index (χ1v) is 17.3. The summed E-state index contributed by atoms with van der Waals surface area (Å²) in [5.41, 5.74) is -0.233. The van der Waals surface area contributed by atoms with Crippen molar-refractivity contribution in [1.82, 2.24) is 20.4 Å². The van der Waals surface area contributed by atoms with Gasteiger partial charge in [0.1, 0.15) is 17.2 Å². The highest BCUT2D eigenvalue weighted by atomic mass is 16.6. The Kier molecular flexibility index (Phi) is 10.4. The lowest BCUT2D eigenvalue weighted by Gasteiger charge is -2.36. The molecule has 3 N–H and O–H groups in total. The van der Waals surface area contributed by atoms with E-state index in [0.717, 1.165) is 13.1 Å². The Balaban J connectivity index is 1.43. The van der Waals surface area contributed by atoms with E-state index in [2.05, 4.69) is 70.6 Å². The van der Waals surface area contributed by atoms with Crippen LogP contribution in [0, 0.1) is 11.3 Å². The standard InChI is InChI=1S/C39H52N4O6/c1-8-27-20-39(27,36(47)48)41-34(45)31-19-28(22-43(31)35(46)33(37(2,3)4)40-21-32(44)49-38(5,6)7)42-23-29(25-15-11-9-12-16-25)30(24-42)26-17-13-10-14-18-26/h8-18,27-31,33,40H,1,19-24H2,2-7H3,(H,41,45)(H,47,48)/t27-,28-,29+,30+,31+,33-,39-/m1/s1. The van der Waals surface area contributed by atoms with Gasteiger partial charge in [-0.1, -0.05) is 87.5 Å². The van der Waals surface area contributed by atoms with Crippen LogP contribution in [0.3, 0.4) is 0 Å². The number of carbonyl (C=O) groups excluding carboxylic acids is 3. The number of esters is 1. The summed E-state index contributed by atoms with van der Waals surface area (Å²) >= 11 is 0. The third-order valence-electron chi connectivity index (χ3n) is 10.2. The molecule has 49 heavy (non-hydrogen) atoms. The van der Waals surface area contributed by atoms with Gasteiger partial charge in [0, 0.05) is 43.4 Å². The number of carboxylic acids is 1. The molecule has 2 heterocycles. The molecule has 2 aliphatic heterocycles. The van der Waals surface area contributed by atoms with E-state index in [1.54, 1.807) is 31.7 Å². The predicted octanol–water partition coefficient (Wildman–Crippen LogP) is 4.33. The van der Waals surface area contributed by atoms with Gasteiger partial charge in [-0.15, -0.1) is 6.58 Å². The number of likely N-dealkylation sites (tertiary alicyclic amines) is 2. The lowest BCUT2D eigenvalue weighted by Crippen LogP contribution is -2.59. The Morgan fingerprint density at radius 3 is 1.94 bits per heavy atom. The van der Waals surface area contributed by atoms with Crippen LogP contribution in [0.15, 0.2) is 73.3 Å². The second-order valence-electron chi connectivity index (χ2n) is 16.0. The fourth-order valence-electron chi connectivity index (χ4n) is 7.59. The van der Waals surface area contributed by atoms with Crippen LogP contribution in [0.25, 0.3) is 0 Å². The molecule has 2 saturated heterocycles. The van der Waals surface area contributed by atoms with Crippen LogP contribution in [0.2, 0.25) is 0 Å². The topological polar surface area (TPSA) is 128 Å². The molecule has 1 aliphatic carbocycles. The van der Waals surface area contributed by atoms with Gasteiger partial charge in [-0.2, -0.15) is 0 Å². The van der Waals surface area contributed by atoms with E-state index >= 15 is 0 Å². The van der Waals surface area contributed by atoms with Crippen molar-refractivity contribution in [3.8, 4) is 0 Å². The van der Waals surface area contributed by atoms with Crippen LogP contribution < -0.4 is 10.6 Å². The van der Waals surface area contributed by atoms with Gasteiger partial charge >= 0.3 is 11.9 Å². The van der Waals surface area contributed by atoms with Crippen LogP contribution in [0.4, 0.5) is 0 Å². The highest BCUT2D eigenvalue weighted by molar-refractivity contribution is 5.95. The van der Waals surface area contributed by atoms with Crippen molar-refractivity contribution < 1.29 is 29.0 Å². The zero-order valence-electron chi connectivity index (χ0n) is 29.6. The predicted molar refractivity (Wildman–Crippen MR) is 188 cm³/mol. The molecule has 5 rings (SSSR count). The smallest absolute Gasteiger partial charge is 0.330 e. The molecule has 0 aromatic heterocycles. The van der Waals surface area contributed by atoms with Crippen molar-refractivity contribution >= 4 is 23.8 Å². The lowest BCUT2D eigenvalue weighted by molar-refractivity contribution is -0.154. The maximum atomic E-state index is 14.6. The molecule has 1 saturated carbocycles. The number of rotatable bonds is 11. The highest BCUT2D eigenvalue weighted by Crippen LogP contribution is 2.46. The fourth-order valence-corrected chi connectivity index (χ4v) is 7.59. The number of carboxylic acid groups (broad SMARTS) is 1. The van der Waals surface area contributed by atoms with Crippen molar-refractivity contribution in [2.24, 2.45) is 11.3 Å². The van der Waals surface area contributed by atoms with Gasteiger partial charge < -0.3 is 20.1 Å². The lowest BCUT2D eigenvalue weighted by atomic mass is 9.84. The van der Waals surface area contributed by atoms with Gasteiger partial charge in [0.15, 0.2) is 0 Å². The van der Waals surface area contributed by atoms with Crippen LogP contribution in [-0.2, 0) is 23.9 Å². The summed E-state index contributed by atoms with van der Waals surface area (Å²) in [5, 5.41) is 16.0. The summed E-state index contributed by atoms with van der Waals surface area (Å²) in [6, 6.07) is 19.1. The number of carbonyl (C=O) groups is 4. The first-order chi connectivity index (χ1) is 23.0. The highest BCUT2D eigenvalue weighted by Gasteiger charge is 2.61. The van der Waals surface area contributed by atoms with Crippen LogP contribution in [-0.4, -0.2) is 94.1 Å². The maximum absolute atomic E-state index is 14.6. The van der Waals surface area contributed by atoms with E-state index < -0.39 is 46.5 Å². The minimum Gasteiger partial charge on any atom is -0.479 e. The van der Waals surface area contributed by atoms with Gasteiger partial charge in [-0.25, -0.2) is 4.79 Å². The summed E-state index contributed by atoms with van der Waals surface area (Å²) in [6.45, 7) is 16.5. The van der Waals surface area contributed by atoms with Crippen LogP contribution in [0.1, 0.15) is 77.3 Å². The van der Waals surface area contributed by atoms with E-state index in [9.17, 15) is 24.3 Å². The molecule has 7 atom stereocenters. The molecule has 2 aromatic rings. The number of aliphatic carboxylic acids is 1. The Morgan fingerprint density at radius 1 is 0.939 bits per heavy atom. The molecule has 264 valence electrons. The Labute approximate surface area is 290 Å². The van der Waals surface area contributed by atoms with E-state index in [1.165, 1.54) is 11.1 Å². The van der Waals surface area contributed by atoms with Crippen molar-refractivity contribution in [2.75, 3.05) is 26.2 Å². The molecule has 0 spiro atoms. The monoisotopic (exact) mass is 672 g/mol. The van der Waals surface area contributed by atoms with Crippen molar-refractivity contribution in [3.05, 3.63) is 84.4 Å². The van der Waals surface area contributed by atoms with Crippen molar-refractivity contribution in [2.45, 2.75) is 95.5 Å². The zero-order chi connectivity index (χ0) is 35.7. The number of ether oxygens (including phenoxy) is 1. The van der Waals surface area contributed by atoms with Gasteiger partial charge in [-0.05, 0) is 50.2 Å². The second-order valence-corrected chi connectivity index (χ2v) is 16.0. The third-order valence-corrected chi connectivity index (χ3v) is 10.2. The molecule has 10 heteroatoms. The SMILES string of the molecule is C=C[C@@H]1C[C@]1(NC(=O)[C@@H]1C[C@@H](N2C[C@@H](c3ccccc3)[C@H](c3ccccc3)C2)CN1C(=O)[C@@H](NCC(=O)OC(C)(C)C)C(C)(C)C)C(=O)O. The molecule has 2 amide bonds. The van der Waals surface area contributed by atoms with Gasteiger partial charge in [0.05, 0.1) is 12.6 Å². The largest absolute Gasteiger partial charge is 0.479 e. The zero-order valence-corrected chi connectivity index (χ0v) is 29.6. The number of nitrogens with zero attached hydrogens (tertiary/aromatic N) is 2. The summed E-state index contributed by atoms with van der Waals surface area (Å²) in [6.07, 6.45) is 2.17. The summed E-state index contributed by atoms with van der Waals surface area (Å²) in [4.78, 5) is 57.6. The molecule has 10 nitrogen and oxygen atoms in total. The van der Waals surface area contributed by atoms with Gasteiger partial charge in [-0.3, -0.25) is 24.6 Å². The minimum atomic E-state index is -1.42. The number of hydrogen-bond donors (Lipinski definition) is 3. The van der Waals surface area contributed by atoms with Crippen LogP contribution in [0.5, 0.6) is 0 Å². The Hall–Kier alpha value is -4.02. The Bertz CT molecular complexity index is 1490. The first kappa shape index (κ1) is 36.3. The molecular weight excluding hydrogens is 620 g/mol. The third kappa shape index (κ3) is 8.07. The maximum Gasteiger partial charge on any atom is 0.330 e. The number of nitrogens with one attached hydrogen (secondary N) is 2. The van der Waals surface area contributed by atoms with E-state index in [4.69, 9.17) is 4.74 Å². The van der Waals surface area contributed by atoms with Gasteiger partial charge in [0.25, 0.3) is 0 Å². The molecule has 0 radical (unpaired) electrons.